The summed E-state index contributed by atoms with van der Waals surface area (Å²) in [6.45, 7) is 9.45. The van der Waals surface area contributed by atoms with Crippen LogP contribution in [-0.4, -0.2) is 36.7 Å². The summed E-state index contributed by atoms with van der Waals surface area (Å²) in [4.78, 5) is 34.8. The molecule has 0 radical (unpaired) electrons. The lowest BCUT2D eigenvalue weighted by Gasteiger charge is -2.61. The van der Waals surface area contributed by atoms with Crippen molar-refractivity contribution in [1.29, 1.82) is 0 Å². The molecule has 0 amide bonds. The first kappa shape index (κ1) is 24.5. The van der Waals surface area contributed by atoms with Crippen LogP contribution in [0.4, 0.5) is 0 Å². The number of fused-ring (bicyclic) bond motifs is 5. The van der Waals surface area contributed by atoms with Crippen molar-refractivity contribution in [2.75, 3.05) is 6.61 Å². The average molecular weight is 463 g/mol. The SMILES string of the molecule is CC(=O)OCC(OC(C)=O)C1CCC2C3CCC4CC(OC(C)=O)CCC4(C)C3CCC12C. The van der Waals surface area contributed by atoms with E-state index in [0.717, 1.165) is 38.5 Å². The third-order valence-electron chi connectivity index (χ3n) is 10.2. The van der Waals surface area contributed by atoms with Gasteiger partial charge in [0.1, 0.15) is 18.8 Å². The molecule has 0 spiro atoms. The van der Waals surface area contributed by atoms with Crippen LogP contribution < -0.4 is 0 Å². The molecule has 4 rings (SSSR count). The summed E-state index contributed by atoms with van der Waals surface area (Å²) in [5.74, 6) is 2.13. The number of hydrogen-bond acceptors (Lipinski definition) is 6. The highest BCUT2D eigenvalue weighted by atomic mass is 16.6. The smallest absolute Gasteiger partial charge is 0.303 e. The number of hydrogen-bond donors (Lipinski definition) is 0. The highest BCUT2D eigenvalue weighted by molar-refractivity contribution is 5.67. The largest absolute Gasteiger partial charge is 0.463 e. The van der Waals surface area contributed by atoms with Crippen LogP contribution in [0.15, 0.2) is 0 Å². The molecule has 9 unspecified atom stereocenters. The van der Waals surface area contributed by atoms with Gasteiger partial charge in [-0.15, -0.1) is 0 Å². The Kier molecular flexibility index (Phi) is 6.85. The number of esters is 3. The van der Waals surface area contributed by atoms with E-state index in [1.807, 2.05) is 0 Å². The quantitative estimate of drug-likeness (QED) is 0.419. The maximum absolute atomic E-state index is 11.8. The average Bonchev–Trinajstić information content (AvgIpc) is 3.08. The van der Waals surface area contributed by atoms with E-state index in [9.17, 15) is 14.4 Å². The summed E-state index contributed by atoms with van der Waals surface area (Å²) >= 11 is 0. The van der Waals surface area contributed by atoms with Crippen molar-refractivity contribution >= 4 is 17.9 Å². The third-order valence-corrected chi connectivity index (χ3v) is 10.2. The van der Waals surface area contributed by atoms with Crippen molar-refractivity contribution in [2.24, 2.45) is 40.4 Å². The lowest BCUT2D eigenvalue weighted by Crippen LogP contribution is -2.55. The molecule has 0 aromatic carbocycles. The maximum Gasteiger partial charge on any atom is 0.303 e. The summed E-state index contributed by atoms with van der Waals surface area (Å²) < 4.78 is 16.6. The predicted molar refractivity (Wildman–Crippen MR) is 123 cm³/mol. The predicted octanol–water partition coefficient (Wildman–Crippen LogP) is 5.07. The molecule has 0 N–H and O–H groups in total. The van der Waals surface area contributed by atoms with Crippen LogP contribution in [-0.2, 0) is 28.6 Å². The molecule has 6 nitrogen and oxygen atoms in total. The Balaban J connectivity index is 1.50. The van der Waals surface area contributed by atoms with Gasteiger partial charge in [-0.25, -0.2) is 0 Å². The first-order valence-corrected chi connectivity index (χ1v) is 13.0. The molecule has 0 aromatic rings. The Morgan fingerprint density at radius 1 is 0.818 bits per heavy atom. The Labute approximate surface area is 198 Å². The number of carbonyl (C=O) groups excluding carboxylic acids is 3. The van der Waals surface area contributed by atoms with Gasteiger partial charge in [0.15, 0.2) is 0 Å². The molecule has 0 aliphatic heterocycles. The van der Waals surface area contributed by atoms with E-state index < -0.39 is 0 Å². The number of rotatable bonds is 5. The first-order chi connectivity index (χ1) is 15.5. The Morgan fingerprint density at radius 2 is 1.52 bits per heavy atom. The monoisotopic (exact) mass is 462 g/mol. The van der Waals surface area contributed by atoms with Crippen molar-refractivity contribution in [3.8, 4) is 0 Å². The minimum atomic E-state index is -0.357. The summed E-state index contributed by atoms with van der Waals surface area (Å²) in [5.41, 5.74) is 0.436. The summed E-state index contributed by atoms with van der Waals surface area (Å²) in [6.07, 6.45) is 9.87. The van der Waals surface area contributed by atoms with E-state index in [4.69, 9.17) is 14.2 Å². The molecule has 4 fully saturated rings. The molecule has 4 aliphatic carbocycles. The molecule has 0 aromatic heterocycles. The van der Waals surface area contributed by atoms with Crippen LogP contribution in [0.1, 0.15) is 92.4 Å². The fourth-order valence-electron chi connectivity index (χ4n) is 8.86. The zero-order valence-corrected chi connectivity index (χ0v) is 21.1. The molecule has 0 saturated heterocycles. The minimum absolute atomic E-state index is 0.0904. The van der Waals surface area contributed by atoms with Gasteiger partial charge >= 0.3 is 17.9 Å². The number of ether oxygens (including phenoxy) is 3. The van der Waals surface area contributed by atoms with E-state index in [-0.39, 0.29) is 48.1 Å². The van der Waals surface area contributed by atoms with Gasteiger partial charge in [0.05, 0.1) is 0 Å². The third kappa shape index (κ3) is 4.55. The topological polar surface area (TPSA) is 78.9 Å². The molecule has 9 atom stereocenters. The maximum atomic E-state index is 11.8. The second kappa shape index (κ2) is 9.22. The van der Waals surface area contributed by atoms with Gasteiger partial charge in [0, 0.05) is 26.7 Å². The molecule has 4 aliphatic rings. The van der Waals surface area contributed by atoms with Gasteiger partial charge in [0.25, 0.3) is 0 Å². The Hall–Kier alpha value is -1.59. The van der Waals surface area contributed by atoms with Gasteiger partial charge in [-0.1, -0.05) is 13.8 Å². The van der Waals surface area contributed by atoms with Gasteiger partial charge in [-0.3, -0.25) is 14.4 Å². The second-order valence-electron chi connectivity index (χ2n) is 11.8. The molecular formula is C27H42O6. The molecule has 0 heterocycles. The normalized spacial score (nSPS) is 42.8. The molecule has 0 bridgehead atoms. The summed E-state index contributed by atoms with van der Waals surface area (Å²) in [6, 6.07) is 0. The van der Waals surface area contributed by atoms with E-state index in [1.165, 1.54) is 40.0 Å². The van der Waals surface area contributed by atoms with Crippen molar-refractivity contribution in [2.45, 2.75) is 105 Å². The van der Waals surface area contributed by atoms with Crippen LogP contribution in [0, 0.1) is 40.4 Å². The van der Waals surface area contributed by atoms with E-state index in [1.54, 1.807) is 0 Å². The lowest BCUT2D eigenvalue weighted by molar-refractivity contribution is -0.171. The minimum Gasteiger partial charge on any atom is -0.463 e. The summed E-state index contributed by atoms with van der Waals surface area (Å²) in [7, 11) is 0. The zero-order valence-electron chi connectivity index (χ0n) is 21.1. The fraction of sp³-hybridized carbons (Fsp3) is 0.889. The van der Waals surface area contributed by atoms with Gasteiger partial charge in [0.2, 0.25) is 0 Å². The van der Waals surface area contributed by atoms with Crippen molar-refractivity contribution in [3.63, 3.8) is 0 Å². The Bertz CT molecular complexity index is 779. The highest BCUT2D eigenvalue weighted by Crippen LogP contribution is 2.68. The number of carbonyl (C=O) groups is 3. The van der Waals surface area contributed by atoms with E-state index in [2.05, 4.69) is 13.8 Å². The Morgan fingerprint density at radius 3 is 2.18 bits per heavy atom. The van der Waals surface area contributed by atoms with Crippen molar-refractivity contribution in [1.82, 2.24) is 0 Å². The lowest BCUT2D eigenvalue weighted by atomic mass is 9.44. The van der Waals surface area contributed by atoms with Crippen LogP contribution in [0.25, 0.3) is 0 Å². The molecule has 6 heteroatoms. The van der Waals surface area contributed by atoms with E-state index >= 15 is 0 Å². The fourth-order valence-corrected chi connectivity index (χ4v) is 8.86. The standard InChI is InChI=1S/C27H42O6/c1-16(28)31-15-25(33-18(3)30)24-9-8-22-21-7-6-19-14-20(32-17(2)29)10-12-26(19,4)23(21)11-13-27(22,24)5/h19-25H,6-15H2,1-5H3. The van der Waals surface area contributed by atoms with Crippen LogP contribution in [0.5, 0.6) is 0 Å². The van der Waals surface area contributed by atoms with Gasteiger partial charge < -0.3 is 14.2 Å². The molecular weight excluding hydrogens is 420 g/mol. The van der Waals surface area contributed by atoms with Crippen molar-refractivity contribution in [3.05, 3.63) is 0 Å². The molecule has 33 heavy (non-hydrogen) atoms. The van der Waals surface area contributed by atoms with Crippen LogP contribution >= 0.6 is 0 Å². The van der Waals surface area contributed by atoms with Gasteiger partial charge in [-0.2, -0.15) is 0 Å². The highest BCUT2D eigenvalue weighted by Gasteiger charge is 2.61. The zero-order chi connectivity index (χ0) is 24.0. The second-order valence-corrected chi connectivity index (χ2v) is 11.8. The first-order valence-electron chi connectivity index (χ1n) is 13.0. The van der Waals surface area contributed by atoms with Gasteiger partial charge in [-0.05, 0) is 92.3 Å². The van der Waals surface area contributed by atoms with Crippen molar-refractivity contribution < 1.29 is 28.6 Å². The van der Waals surface area contributed by atoms with Crippen LogP contribution in [0.2, 0.25) is 0 Å². The molecule has 4 saturated carbocycles. The summed E-state index contributed by atoms with van der Waals surface area (Å²) in [5, 5.41) is 0. The molecule has 186 valence electrons. The van der Waals surface area contributed by atoms with E-state index in [0.29, 0.717) is 29.1 Å². The van der Waals surface area contributed by atoms with Crippen LogP contribution in [0.3, 0.4) is 0 Å².